The zero-order valence-corrected chi connectivity index (χ0v) is 15.0. The molecule has 5 heteroatoms. The molecule has 0 radical (unpaired) electrons. The molecule has 0 saturated carbocycles. The molecule has 1 saturated heterocycles. The first kappa shape index (κ1) is 18.6. The Bertz CT molecular complexity index is 315. The molecular formula is C16H33N3OS. The molecule has 1 fully saturated rings. The van der Waals surface area contributed by atoms with Crippen LogP contribution in [0.25, 0.3) is 0 Å². The number of aliphatic imine (C=N–C) groups is 1. The topological polar surface area (TPSA) is 59.6 Å². The molecule has 3 N–H and O–H groups in total. The van der Waals surface area contributed by atoms with E-state index in [-0.39, 0.29) is 4.75 Å². The Morgan fingerprint density at radius 1 is 1.29 bits per heavy atom. The number of guanidine groups is 1. The summed E-state index contributed by atoms with van der Waals surface area (Å²) in [6.07, 6.45) is 7.96. The quantitative estimate of drug-likeness (QED) is 0.534. The molecule has 0 aromatic heterocycles. The summed E-state index contributed by atoms with van der Waals surface area (Å²) >= 11 is 1.90. The molecular weight excluding hydrogens is 282 g/mol. The van der Waals surface area contributed by atoms with Gasteiger partial charge in [0, 0.05) is 24.0 Å². The fourth-order valence-corrected chi connectivity index (χ4v) is 3.37. The van der Waals surface area contributed by atoms with Gasteiger partial charge in [0.2, 0.25) is 0 Å². The second-order valence-electron chi connectivity index (χ2n) is 6.57. The average molecular weight is 316 g/mol. The fourth-order valence-electron chi connectivity index (χ4n) is 2.60. The van der Waals surface area contributed by atoms with Crippen molar-refractivity contribution in [2.24, 2.45) is 16.6 Å². The van der Waals surface area contributed by atoms with Crippen LogP contribution in [0.5, 0.6) is 0 Å². The Hall–Kier alpha value is -0.420. The smallest absolute Gasteiger partial charge is 0.188 e. The minimum atomic E-state index is 0.214. The van der Waals surface area contributed by atoms with Crippen molar-refractivity contribution in [3.63, 3.8) is 0 Å². The van der Waals surface area contributed by atoms with Crippen LogP contribution in [-0.4, -0.2) is 42.8 Å². The highest BCUT2D eigenvalue weighted by Crippen LogP contribution is 2.33. The van der Waals surface area contributed by atoms with Crippen LogP contribution in [0.4, 0.5) is 0 Å². The van der Waals surface area contributed by atoms with E-state index in [4.69, 9.17) is 10.5 Å². The Morgan fingerprint density at radius 3 is 2.52 bits per heavy atom. The standard InChI is InChI=1S/C16H33N3OS/c1-13(2)6-5-7-14(3)19-15(17)18-12-16(21-4)8-10-20-11-9-16/h13-14H,5-12H2,1-4H3,(H3,17,18,19). The summed E-state index contributed by atoms with van der Waals surface area (Å²) in [4.78, 5) is 4.58. The van der Waals surface area contributed by atoms with E-state index in [2.05, 4.69) is 37.3 Å². The van der Waals surface area contributed by atoms with Crippen LogP contribution in [0.1, 0.15) is 52.9 Å². The predicted molar refractivity (Wildman–Crippen MR) is 94.1 cm³/mol. The highest BCUT2D eigenvalue weighted by molar-refractivity contribution is 8.00. The average Bonchev–Trinajstić information content (AvgIpc) is 2.46. The summed E-state index contributed by atoms with van der Waals surface area (Å²) in [5, 5.41) is 3.32. The maximum absolute atomic E-state index is 6.04. The first-order valence-electron chi connectivity index (χ1n) is 8.17. The Morgan fingerprint density at radius 2 is 1.95 bits per heavy atom. The predicted octanol–water partition coefficient (Wildman–Crippen LogP) is 3.02. The van der Waals surface area contributed by atoms with Crippen LogP contribution >= 0.6 is 11.8 Å². The number of thioether (sulfide) groups is 1. The lowest BCUT2D eigenvalue weighted by molar-refractivity contribution is 0.0794. The molecule has 0 aliphatic carbocycles. The molecule has 4 nitrogen and oxygen atoms in total. The van der Waals surface area contributed by atoms with Crippen molar-refractivity contribution in [1.82, 2.24) is 5.32 Å². The van der Waals surface area contributed by atoms with Gasteiger partial charge >= 0.3 is 0 Å². The van der Waals surface area contributed by atoms with Gasteiger partial charge in [0.1, 0.15) is 0 Å². The zero-order chi connectivity index (χ0) is 15.7. The van der Waals surface area contributed by atoms with Crippen LogP contribution < -0.4 is 11.1 Å². The number of nitrogens with zero attached hydrogens (tertiary/aromatic N) is 1. The summed E-state index contributed by atoms with van der Waals surface area (Å²) in [5.74, 6) is 1.37. The molecule has 1 atom stereocenters. The molecule has 1 rings (SSSR count). The maximum atomic E-state index is 6.04. The van der Waals surface area contributed by atoms with Crippen LogP contribution in [0.2, 0.25) is 0 Å². The van der Waals surface area contributed by atoms with Gasteiger partial charge in [-0.2, -0.15) is 11.8 Å². The molecule has 0 aromatic carbocycles. The SMILES string of the molecule is CSC1(CN=C(N)NC(C)CCCC(C)C)CCOCC1. The van der Waals surface area contributed by atoms with Crippen LogP contribution in [0, 0.1) is 5.92 Å². The van der Waals surface area contributed by atoms with Crippen molar-refractivity contribution < 1.29 is 4.74 Å². The van der Waals surface area contributed by atoms with E-state index in [9.17, 15) is 0 Å². The third-order valence-electron chi connectivity index (χ3n) is 4.19. The van der Waals surface area contributed by atoms with Gasteiger partial charge in [-0.3, -0.25) is 4.99 Å². The van der Waals surface area contributed by atoms with Crippen molar-refractivity contribution in [2.45, 2.75) is 63.7 Å². The van der Waals surface area contributed by atoms with Gasteiger partial charge in [0.05, 0.1) is 6.54 Å². The van der Waals surface area contributed by atoms with Crippen molar-refractivity contribution in [1.29, 1.82) is 0 Å². The van der Waals surface area contributed by atoms with Crippen LogP contribution in [-0.2, 0) is 4.74 Å². The molecule has 21 heavy (non-hydrogen) atoms. The van der Waals surface area contributed by atoms with Crippen molar-refractivity contribution >= 4 is 17.7 Å². The lowest BCUT2D eigenvalue weighted by Gasteiger charge is -2.34. The molecule has 124 valence electrons. The highest BCUT2D eigenvalue weighted by Gasteiger charge is 2.31. The van der Waals surface area contributed by atoms with Crippen molar-refractivity contribution in [2.75, 3.05) is 26.0 Å². The summed E-state index contributed by atoms with van der Waals surface area (Å²) in [6, 6.07) is 0.396. The van der Waals surface area contributed by atoms with Gasteiger partial charge < -0.3 is 15.8 Å². The number of nitrogens with one attached hydrogen (secondary N) is 1. The van der Waals surface area contributed by atoms with E-state index in [1.54, 1.807) is 0 Å². The number of nitrogens with two attached hydrogens (primary N) is 1. The lowest BCUT2D eigenvalue weighted by Crippen LogP contribution is -2.41. The maximum Gasteiger partial charge on any atom is 0.188 e. The van der Waals surface area contributed by atoms with Crippen molar-refractivity contribution in [3.8, 4) is 0 Å². The molecule has 1 heterocycles. The van der Waals surface area contributed by atoms with Crippen LogP contribution in [0.3, 0.4) is 0 Å². The van der Waals surface area contributed by atoms with Gasteiger partial charge in [-0.05, 0) is 38.4 Å². The molecule has 0 amide bonds. The molecule has 1 unspecified atom stereocenters. The minimum absolute atomic E-state index is 0.214. The number of hydrogen-bond acceptors (Lipinski definition) is 3. The van der Waals surface area contributed by atoms with E-state index in [0.717, 1.165) is 44.9 Å². The minimum Gasteiger partial charge on any atom is -0.381 e. The van der Waals surface area contributed by atoms with Crippen molar-refractivity contribution in [3.05, 3.63) is 0 Å². The van der Waals surface area contributed by atoms with E-state index in [1.807, 2.05) is 11.8 Å². The normalized spacial score (nSPS) is 20.5. The van der Waals surface area contributed by atoms with Gasteiger partial charge in [0.25, 0.3) is 0 Å². The van der Waals surface area contributed by atoms with E-state index in [0.29, 0.717) is 12.0 Å². The van der Waals surface area contributed by atoms with Gasteiger partial charge in [0.15, 0.2) is 5.96 Å². The first-order chi connectivity index (χ1) is 9.97. The van der Waals surface area contributed by atoms with E-state index in [1.165, 1.54) is 12.8 Å². The highest BCUT2D eigenvalue weighted by atomic mass is 32.2. The Kier molecular flexibility index (Phi) is 8.49. The molecule has 1 aliphatic heterocycles. The third kappa shape index (κ3) is 7.41. The largest absolute Gasteiger partial charge is 0.381 e. The van der Waals surface area contributed by atoms with Crippen LogP contribution in [0.15, 0.2) is 4.99 Å². The van der Waals surface area contributed by atoms with Gasteiger partial charge in [-0.1, -0.05) is 26.7 Å². The Labute approximate surface area is 134 Å². The molecule has 0 bridgehead atoms. The monoisotopic (exact) mass is 315 g/mol. The Balaban J connectivity index is 2.34. The second-order valence-corrected chi connectivity index (χ2v) is 7.85. The van der Waals surface area contributed by atoms with E-state index >= 15 is 0 Å². The summed E-state index contributed by atoms with van der Waals surface area (Å²) in [6.45, 7) is 9.19. The molecule has 0 spiro atoms. The first-order valence-corrected chi connectivity index (χ1v) is 9.39. The lowest BCUT2D eigenvalue weighted by atomic mass is 9.99. The summed E-state index contributed by atoms with van der Waals surface area (Å²) in [7, 11) is 0. The van der Waals surface area contributed by atoms with Gasteiger partial charge in [-0.25, -0.2) is 0 Å². The zero-order valence-electron chi connectivity index (χ0n) is 14.2. The number of ether oxygens (including phenoxy) is 1. The number of rotatable bonds is 8. The number of hydrogen-bond donors (Lipinski definition) is 2. The van der Waals surface area contributed by atoms with E-state index < -0.39 is 0 Å². The fraction of sp³-hybridized carbons (Fsp3) is 0.938. The second kappa shape index (κ2) is 9.57. The third-order valence-corrected chi connectivity index (χ3v) is 5.59. The summed E-state index contributed by atoms with van der Waals surface area (Å²) < 4.78 is 5.67. The summed E-state index contributed by atoms with van der Waals surface area (Å²) in [5.41, 5.74) is 6.04. The molecule has 0 aromatic rings. The van der Waals surface area contributed by atoms with Gasteiger partial charge in [-0.15, -0.1) is 0 Å². The molecule has 1 aliphatic rings.